The standard InChI is InChI=1S/C10H10BrNOS/c1-6-9(11)14-10(12-6)7-4-2-3-5-8(7)13/h2-6,9,13H,1H3. The number of benzene rings is 1. The summed E-state index contributed by atoms with van der Waals surface area (Å²) >= 11 is 5.18. The van der Waals surface area contributed by atoms with E-state index in [0.29, 0.717) is 9.91 Å². The molecule has 0 saturated heterocycles. The molecule has 0 aliphatic carbocycles. The zero-order valence-electron chi connectivity index (χ0n) is 7.64. The predicted molar refractivity (Wildman–Crippen MR) is 64.4 cm³/mol. The van der Waals surface area contributed by atoms with Crippen LogP contribution in [0.3, 0.4) is 0 Å². The van der Waals surface area contributed by atoms with E-state index in [1.807, 2.05) is 18.2 Å². The predicted octanol–water partition coefficient (Wildman–Crippen LogP) is 3.00. The van der Waals surface area contributed by atoms with E-state index < -0.39 is 0 Å². The van der Waals surface area contributed by atoms with Gasteiger partial charge in [0.25, 0.3) is 0 Å². The van der Waals surface area contributed by atoms with E-state index in [1.54, 1.807) is 17.8 Å². The molecule has 0 spiro atoms. The number of phenolic OH excluding ortho intramolecular Hbond substituents is 1. The van der Waals surface area contributed by atoms with Gasteiger partial charge in [-0.05, 0) is 19.1 Å². The van der Waals surface area contributed by atoms with Gasteiger partial charge in [0.15, 0.2) is 0 Å². The molecule has 0 saturated carbocycles. The maximum atomic E-state index is 9.63. The van der Waals surface area contributed by atoms with Crippen LogP contribution < -0.4 is 0 Å². The monoisotopic (exact) mass is 271 g/mol. The maximum Gasteiger partial charge on any atom is 0.125 e. The zero-order chi connectivity index (χ0) is 10.1. The van der Waals surface area contributed by atoms with Crippen LogP contribution in [0, 0.1) is 0 Å². The lowest BCUT2D eigenvalue weighted by Crippen LogP contribution is -2.03. The molecule has 14 heavy (non-hydrogen) atoms. The number of hydrogen-bond acceptors (Lipinski definition) is 3. The van der Waals surface area contributed by atoms with E-state index >= 15 is 0 Å². The molecule has 1 aliphatic heterocycles. The summed E-state index contributed by atoms with van der Waals surface area (Å²) in [6, 6.07) is 7.55. The van der Waals surface area contributed by atoms with Gasteiger partial charge in [0.05, 0.1) is 10.2 Å². The fourth-order valence-electron chi connectivity index (χ4n) is 1.27. The van der Waals surface area contributed by atoms with E-state index in [2.05, 4.69) is 27.8 Å². The van der Waals surface area contributed by atoms with Gasteiger partial charge in [-0.15, -0.1) is 0 Å². The summed E-state index contributed by atoms with van der Waals surface area (Å²) in [5.74, 6) is 0.299. The van der Waals surface area contributed by atoms with E-state index in [4.69, 9.17) is 0 Å². The minimum absolute atomic E-state index is 0.259. The number of hydrogen-bond donors (Lipinski definition) is 1. The number of alkyl halides is 1. The molecule has 1 heterocycles. The van der Waals surface area contributed by atoms with Crippen molar-refractivity contribution >= 4 is 32.7 Å². The molecule has 1 aromatic carbocycles. The number of thioether (sulfide) groups is 1. The van der Waals surface area contributed by atoms with E-state index in [-0.39, 0.29) is 6.04 Å². The average Bonchev–Trinajstić information content (AvgIpc) is 2.48. The molecule has 2 atom stereocenters. The van der Waals surface area contributed by atoms with Crippen LogP contribution in [0.2, 0.25) is 0 Å². The number of halogens is 1. The second-order valence-corrected chi connectivity index (χ2v) is 5.88. The largest absolute Gasteiger partial charge is 0.507 e. The summed E-state index contributed by atoms with van der Waals surface area (Å²) in [6.45, 7) is 2.05. The lowest BCUT2D eigenvalue weighted by atomic mass is 10.2. The minimum Gasteiger partial charge on any atom is -0.507 e. The normalized spacial score (nSPS) is 26.3. The Morgan fingerprint density at radius 2 is 2.14 bits per heavy atom. The van der Waals surface area contributed by atoms with Gasteiger partial charge in [0, 0.05) is 5.56 Å². The SMILES string of the molecule is CC1N=C(c2ccccc2O)SC1Br. The van der Waals surface area contributed by atoms with Crippen LogP contribution in [0.15, 0.2) is 29.3 Å². The molecule has 1 aliphatic rings. The van der Waals surface area contributed by atoms with Gasteiger partial charge < -0.3 is 5.11 Å². The third-order valence-corrected chi connectivity index (χ3v) is 4.55. The lowest BCUT2D eigenvalue weighted by Gasteiger charge is -2.03. The van der Waals surface area contributed by atoms with Crippen molar-refractivity contribution in [1.82, 2.24) is 0 Å². The fraction of sp³-hybridized carbons (Fsp3) is 0.300. The number of nitrogens with zero attached hydrogens (tertiary/aromatic N) is 1. The van der Waals surface area contributed by atoms with Gasteiger partial charge in [-0.3, -0.25) is 4.99 Å². The van der Waals surface area contributed by atoms with Crippen LogP contribution in [0.25, 0.3) is 0 Å². The van der Waals surface area contributed by atoms with Crippen LogP contribution in [0.4, 0.5) is 0 Å². The molecule has 0 amide bonds. The van der Waals surface area contributed by atoms with Gasteiger partial charge >= 0.3 is 0 Å². The molecule has 2 nitrogen and oxygen atoms in total. The molecule has 0 aromatic heterocycles. The fourth-order valence-corrected chi connectivity index (χ4v) is 2.91. The highest BCUT2D eigenvalue weighted by molar-refractivity contribution is 9.11. The van der Waals surface area contributed by atoms with Gasteiger partial charge in [-0.25, -0.2) is 0 Å². The Labute approximate surface area is 95.6 Å². The number of phenols is 1. The Morgan fingerprint density at radius 1 is 1.43 bits per heavy atom. The summed E-state index contributed by atoms with van der Waals surface area (Å²) in [6.07, 6.45) is 0. The minimum atomic E-state index is 0.259. The van der Waals surface area contributed by atoms with Gasteiger partial charge in [0.1, 0.15) is 10.8 Å². The van der Waals surface area contributed by atoms with Crippen LogP contribution in [-0.2, 0) is 0 Å². The van der Waals surface area contributed by atoms with Gasteiger partial charge in [0.2, 0.25) is 0 Å². The van der Waals surface area contributed by atoms with Crippen LogP contribution >= 0.6 is 27.7 Å². The van der Waals surface area contributed by atoms with E-state index in [9.17, 15) is 5.11 Å². The number of aromatic hydroxyl groups is 1. The van der Waals surface area contributed by atoms with E-state index in [0.717, 1.165) is 10.6 Å². The second kappa shape index (κ2) is 3.95. The summed E-state index contributed by atoms with van der Waals surface area (Å²) < 4.78 is 0.317. The molecule has 0 bridgehead atoms. The first-order chi connectivity index (χ1) is 6.68. The highest BCUT2D eigenvalue weighted by Crippen LogP contribution is 2.36. The topological polar surface area (TPSA) is 32.6 Å². The Balaban J connectivity index is 2.34. The molecule has 0 fully saturated rings. The van der Waals surface area contributed by atoms with Crippen molar-refractivity contribution < 1.29 is 5.11 Å². The van der Waals surface area contributed by atoms with Crippen molar-refractivity contribution in [3.05, 3.63) is 29.8 Å². The molecule has 1 N–H and O–H groups in total. The molecule has 4 heteroatoms. The zero-order valence-corrected chi connectivity index (χ0v) is 10.0. The summed E-state index contributed by atoms with van der Waals surface area (Å²) in [7, 11) is 0. The number of para-hydroxylation sites is 1. The highest BCUT2D eigenvalue weighted by Gasteiger charge is 2.25. The second-order valence-electron chi connectivity index (χ2n) is 3.16. The van der Waals surface area contributed by atoms with Crippen molar-refractivity contribution in [2.24, 2.45) is 4.99 Å². The van der Waals surface area contributed by atoms with Crippen LogP contribution in [0.1, 0.15) is 12.5 Å². The third-order valence-electron chi connectivity index (χ3n) is 2.06. The Bertz CT molecular complexity index is 380. The quantitative estimate of drug-likeness (QED) is 0.797. The third kappa shape index (κ3) is 1.81. The van der Waals surface area contributed by atoms with Crippen LogP contribution in [0.5, 0.6) is 5.75 Å². The molecule has 74 valence electrons. The molecule has 2 unspecified atom stereocenters. The summed E-state index contributed by atoms with van der Waals surface area (Å²) in [4.78, 5) is 4.47. The molecule has 2 rings (SSSR count). The maximum absolute atomic E-state index is 9.63. The van der Waals surface area contributed by atoms with Gasteiger partial charge in [-0.1, -0.05) is 39.8 Å². The van der Waals surface area contributed by atoms with Crippen molar-refractivity contribution in [2.45, 2.75) is 17.1 Å². The average molecular weight is 272 g/mol. The highest BCUT2D eigenvalue weighted by atomic mass is 79.9. The Morgan fingerprint density at radius 3 is 2.71 bits per heavy atom. The molecule has 0 radical (unpaired) electrons. The summed E-state index contributed by atoms with van der Waals surface area (Å²) in [5.41, 5.74) is 0.825. The first-order valence-electron chi connectivity index (χ1n) is 4.35. The Hall–Kier alpha value is -0.480. The smallest absolute Gasteiger partial charge is 0.125 e. The van der Waals surface area contributed by atoms with Crippen LogP contribution in [-0.4, -0.2) is 20.4 Å². The molecular weight excluding hydrogens is 262 g/mol. The van der Waals surface area contributed by atoms with E-state index in [1.165, 1.54) is 0 Å². The number of aliphatic imine (C=N–C) groups is 1. The van der Waals surface area contributed by atoms with Crippen molar-refractivity contribution in [3.63, 3.8) is 0 Å². The lowest BCUT2D eigenvalue weighted by molar-refractivity contribution is 0.474. The molecule has 1 aromatic rings. The van der Waals surface area contributed by atoms with Crippen molar-refractivity contribution in [3.8, 4) is 5.75 Å². The first-order valence-corrected chi connectivity index (χ1v) is 6.15. The van der Waals surface area contributed by atoms with Gasteiger partial charge in [-0.2, -0.15) is 0 Å². The Kier molecular flexibility index (Phi) is 2.83. The molecular formula is C10H10BrNOS. The summed E-state index contributed by atoms with van der Waals surface area (Å²) in [5, 5.41) is 10.5. The van der Waals surface area contributed by atoms with Crippen molar-refractivity contribution in [1.29, 1.82) is 0 Å². The first kappa shape index (κ1) is 10.1. The number of rotatable bonds is 1. The van der Waals surface area contributed by atoms with Crippen molar-refractivity contribution in [2.75, 3.05) is 0 Å².